The molecule has 0 atom stereocenters. The molecule has 98 valence electrons. The van der Waals surface area contributed by atoms with Gasteiger partial charge in [-0.05, 0) is 59.8 Å². The summed E-state index contributed by atoms with van der Waals surface area (Å²) in [4.78, 5) is 0. The SMILES string of the molecule is C/C=C(\C)c1ccc2c(c1)C(C)(C)CCC2(C)C. The lowest BCUT2D eigenvalue weighted by atomic mass is 9.63. The van der Waals surface area contributed by atoms with Gasteiger partial charge in [0.2, 0.25) is 0 Å². The quantitative estimate of drug-likeness (QED) is 0.613. The van der Waals surface area contributed by atoms with Gasteiger partial charge in [-0.15, -0.1) is 0 Å². The Bertz CT molecular complexity index is 487. The fourth-order valence-electron chi connectivity index (χ4n) is 3.00. The van der Waals surface area contributed by atoms with E-state index in [1.54, 1.807) is 11.1 Å². The lowest BCUT2D eigenvalue weighted by molar-refractivity contribution is 0.332. The van der Waals surface area contributed by atoms with Crippen LogP contribution in [0.15, 0.2) is 24.3 Å². The van der Waals surface area contributed by atoms with Crippen molar-refractivity contribution < 1.29 is 0 Å². The monoisotopic (exact) mass is 242 g/mol. The zero-order valence-electron chi connectivity index (χ0n) is 12.7. The Morgan fingerprint density at radius 2 is 1.56 bits per heavy atom. The Morgan fingerprint density at radius 1 is 1.00 bits per heavy atom. The molecule has 0 saturated carbocycles. The van der Waals surface area contributed by atoms with Crippen LogP contribution in [-0.4, -0.2) is 0 Å². The van der Waals surface area contributed by atoms with E-state index in [-0.39, 0.29) is 0 Å². The van der Waals surface area contributed by atoms with Gasteiger partial charge in [-0.3, -0.25) is 0 Å². The van der Waals surface area contributed by atoms with E-state index in [1.807, 2.05) is 0 Å². The standard InChI is InChI=1S/C18H26/c1-7-13(2)14-8-9-15-16(12-14)18(5,6)11-10-17(15,3)4/h7-9,12H,10-11H2,1-6H3/b13-7+. The predicted molar refractivity (Wildman–Crippen MR) is 81.1 cm³/mol. The summed E-state index contributed by atoms with van der Waals surface area (Å²) in [6.45, 7) is 13.8. The maximum atomic E-state index is 2.42. The number of rotatable bonds is 1. The van der Waals surface area contributed by atoms with E-state index >= 15 is 0 Å². The molecule has 0 unspecified atom stereocenters. The second-order valence-corrected chi connectivity index (χ2v) is 7.00. The van der Waals surface area contributed by atoms with Gasteiger partial charge in [-0.25, -0.2) is 0 Å². The van der Waals surface area contributed by atoms with Crippen molar-refractivity contribution in [1.29, 1.82) is 0 Å². The van der Waals surface area contributed by atoms with Crippen LogP contribution >= 0.6 is 0 Å². The van der Waals surface area contributed by atoms with E-state index in [0.717, 1.165) is 0 Å². The third-order valence-corrected chi connectivity index (χ3v) is 4.74. The van der Waals surface area contributed by atoms with Crippen molar-refractivity contribution in [2.45, 2.75) is 65.2 Å². The second-order valence-electron chi connectivity index (χ2n) is 7.00. The molecule has 0 aromatic heterocycles. The van der Waals surface area contributed by atoms with E-state index in [1.165, 1.54) is 24.0 Å². The molecule has 0 N–H and O–H groups in total. The summed E-state index contributed by atoms with van der Waals surface area (Å²) in [5.74, 6) is 0. The number of benzene rings is 1. The molecule has 0 spiro atoms. The van der Waals surface area contributed by atoms with Gasteiger partial charge in [0.1, 0.15) is 0 Å². The molecule has 18 heavy (non-hydrogen) atoms. The van der Waals surface area contributed by atoms with Crippen LogP contribution in [0.5, 0.6) is 0 Å². The Kier molecular flexibility index (Phi) is 3.17. The van der Waals surface area contributed by atoms with E-state index in [9.17, 15) is 0 Å². The molecule has 2 rings (SSSR count). The summed E-state index contributed by atoms with van der Waals surface area (Å²) in [7, 11) is 0. The second kappa shape index (κ2) is 4.26. The predicted octanol–water partition coefficient (Wildman–Crippen LogP) is 5.46. The number of hydrogen-bond donors (Lipinski definition) is 0. The minimum Gasteiger partial charge on any atom is -0.0841 e. The Morgan fingerprint density at radius 3 is 2.11 bits per heavy atom. The normalized spacial score (nSPS) is 21.6. The van der Waals surface area contributed by atoms with Crippen LogP contribution in [0.1, 0.15) is 71.1 Å². The molecule has 0 amide bonds. The van der Waals surface area contributed by atoms with Crippen molar-refractivity contribution in [2.75, 3.05) is 0 Å². The van der Waals surface area contributed by atoms with Crippen molar-refractivity contribution in [3.63, 3.8) is 0 Å². The number of hydrogen-bond acceptors (Lipinski definition) is 0. The van der Waals surface area contributed by atoms with Crippen molar-refractivity contribution in [2.24, 2.45) is 0 Å². The highest BCUT2D eigenvalue weighted by Crippen LogP contribution is 2.46. The van der Waals surface area contributed by atoms with Gasteiger partial charge in [-0.2, -0.15) is 0 Å². The van der Waals surface area contributed by atoms with Crippen molar-refractivity contribution in [3.8, 4) is 0 Å². The third kappa shape index (κ3) is 2.13. The molecular weight excluding hydrogens is 216 g/mol. The number of fused-ring (bicyclic) bond motifs is 1. The lowest BCUT2D eigenvalue weighted by Gasteiger charge is -2.42. The summed E-state index contributed by atoms with van der Waals surface area (Å²) in [5, 5.41) is 0. The molecule has 0 radical (unpaired) electrons. The Labute approximate surface area is 112 Å². The fraction of sp³-hybridized carbons (Fsp3) is 0.556. The molecule has 0 bridgehead atoms. The van der Waals surface area contributed by atoms with Gasteiger partial charge < -0.3 is 0 Å². The smallest absolute Gasteiger partial charge is 0.0100 e. The summed E-state index contributed by atoms with van der Waals surface area (Å²) in [6.07, 6.45) is 4.77. The molecule has 1 aliphatic rings. The summed E-state index contributed by atoms with van der Waals surface area (Å²) in [6, 6.07) is 7.07. The summed E-state index contributed by atoms with van der Waals surface area (Å²) in [5.41, 5.74) is 6.49. The highest BCUT2D eigenvalue weighted by Gasteiger charge is 2.36. The first-order valence-corrected chi connectivity index (χ1v) is 7.06. The average Bonchev–Trinajstić information content (AvgIpc) is 2.34. The summed E-state index contributed by atoms with van der Waals surface area (Å²) < 4.78 is 0. The summed E-state index contributed by atoms with van der Waals surface area (Å²) >= 11 is 0. The molecule has 0 heteroatoms. The maximum Gasteiger partial charge on any atom is -0.0100 e. The fourth-order valence-corrected chi connectivity index (χ4v) is 3.00. The zero-order chi connectivity index (χ0) is 13.6. The van der Waals surface area contributed by atoms with Crippen molar-refractivity contribution in [3.05, 3.63) is 41.0 Å². The first-order valence-electron chi connectivity index (χ1n) is 7.06. The van der Waals surface area contributed by atoms with Gasteiger partial charge in [0, 0.05) is 0 Å². The van der Waals surface area contributed by atoms with Crippen LogP contribution in [-0.2, 0) is 10.8 Å². The molecule has 0 nitrogen and oxygen atoms in total. The highest BCUT2D eigenvalue weighted by molar-refractivity contribution is 5.65. The van der Waals surface area contributed by atoms with Crippen LogP contribution in [0.2, 0.25) is 0 Å². The van der Waals surface area contributed by atoms with E-state index in [0.29, 0.717) is 10.8 Å². The van der Waals surface area contributed by atoms with Gasteiger partial charge in [0.05, 0.1) is 0 Å². The van der Waals surface area contributed by atoms with E-state index in [4.69, 9.17) is 0 Å². The Balaban J connectivity index is 2.62. The maximum absolute atomic E-state index is 2.42. The average molecular weight is 242 g/mol. The molecule has 1 aromatic carbocycles. The lowest BCUT2D eigenvalue weighted by Crippen LogP contribution is -2.33. The van der Waals surface area contributed by atoms with Crippen LogP contribution in [0.3, 0.4) is 0 Å². The first kappa shape index (κ1) is 13.4. The molecule has 1 aliphatic carbocycles. The molecule has 0 fully saturated rings. The first-order chi connectivity index (χ1) is 8.28. The molecule has 1 aromatic rings. The van der Waals surface area contributed by atoms with Gasteiger partial charge >= 0.3 is 0 Å². The van der Waals surface area contributed by atoms with Gasteiger partial charge in [-0.1, -0.05) is 52.0 Å². The van der Waals surface area contributed by atoms with E-state index < -0.39 is 0 Å². The molecular formula is C18H26. The van der Waals surface area contributed by atoms with Crippen LogP contribution in [0.25, 0.3) is 5.57 Å². The van der Waals surface area contributed by atoms with Gasteiger partial charge in [0.25, 0.3) is 0 Å². The topological polar surface area (TPSA) is 0 Å². The molecule has 0 saturated heterocycles. The van der Waals surface area contributed by atoms with Gasteiger partial charge in [0.15, 0.2) is 0 Å². The van der Waals surface area contributed by atoms with Crippen molar-refractivity contribution in [1.82, 2.24) is 0 Å². The molecule has 0 heterocycles. The third-order valence-electron chi connectivity index (χ3n) is 4.74. The highest BCUT2D eigenvalue weighted by atomic mass is 14.4. The van der Waals surface area contributed by atoms with Crippen molar-refractivity contribution >= 4 is 5.57 Å². The van der Waals surface area contributed by atoms with Crippen LogP contribution in [0.4, 0.5) is 0 Å². The minimum absolute atomic E-state index is 0.314. The molecule has 0 aliphatic heterocycles. The largest absolute Gasteiger partial charge is 0.0841 e. The Hall–Kier alpha value is -1.04. The number of allylic oxidation sites excluding steroid dienone is 2. The van der Waals surface area contributed by atoms with Crippen LogP contribution in [0, 0.1) is 0 Å². The zero-order valence-corrected chi connectivity index (χ0v) is 12.7. The van der Waals surface area contributed by atoms with E-state index in [2.05, 4.69) is 65.8 Å². The minimum atomic E-state index is 0.314. The van der Waals surface area contributed by atoms with Crippen LogP contribution < -0.4 is 0 Å².